The summed E-state index contributed by atoms with van der Waals surface area (Å²) in [5.74, 6) is -2.37. The number of nitrogens with zero attached hydrogens (tertiary/aromatic N) is 4. The van der Waals surface area contributed by atoms with E-state index in [9.17, 15) is 18.4 Å². The van der Waals surface area contributed by atoms with Crippen LogP contribution in [0.25, 0.3) is 22.3 Å². The number of rotatable bonds is 7. The lowest BCUT2D eigenvalue weighted by atomic mass is 9.93. The molecular weight excluding hydrogens is 496 g/mol. The summed E-state index contributed by atoms with van der Waals surface area (Å²) in [7, 11) is 1.36. The van der Waals surface area contributed by atoms with Gasteiger partial charge in [0.05, 0.1) is 23.7 Å². The Morgan fingerprint density at radius 1 is 1.16 bits per heavy atom. The van der Waals surface area contributed by atoms with Crippen LogP contribution in [0.2, 0.25) is 0 Å². The summed E-state index contributed by atoms with van der Waals surface area (Å²) < 4.78 is 35.5. The Hall–Kier alpha value is -4.61. The molecule has 38 heavy (non-hydrogen) atoms. The Bertz CT molecular complexity index is 1550. The third-order valence-electron chi connectivity index (χ3n) is 6.63. The summed E-state index contributed by atoms with van der Waals surface area (Å²) in [6.07, 6.45) is 3.89. The minimum absolute atomic E-state index is 0.00799. The van der Waals surface area contributed by atoms with Gasteiger partial charge in [-0.3, -0.25) is 9.59 Å². The Balaban J connectivity index is 1.49. The molecule has 1 aliphatic carbocycles. The maximum absolute atomic E-state index is 14.7. The zero-order valence-corrected chi connectivity index (χ0v) is 20.7. The molecule has 0 bridgehead atoms. The minimum Gasteiger partial charge on any atom is -0.494 e. The van der Waals surface area contributed by atoms with Crippen molar-refractivity contribution in [1.29, 1.82) is 0 Å². The summed E-state index contributed by atoms with van der Waals surface area (Å²) in [6, 6.07) is 7.33. The van der Waals surface area contributed by atoms with E-state index in [4.69, 9.17) is 10.5 Å². The van der Waals surface area contributed by atoms with Gasteiger partial charge in [-0.05, 0) is 56.5 Å². The van der Waals surface area contributed by atoms with Gasteiger partial charge in [0.15, 0.2) is 17.2 Å². The third-order valence-corrected chi connectivity index (χ3v) is 6.63. The molecule has 10 nitrogen and oxygen atoms in total. The molecule has 0 saturated heterocycles. The van der Waals surface area contributed by atoms with E-state index in [0.29, 0.717) is 10.9 Å². The number of ether oxygens (including phenoxy) is 1. The number of hydrogen-bond acceptors (Lipinski definition) is 7. The van der Waals surface area contributed by atoms with Crippen LogP contribution in [-0.2, 0) is 4.79 Å². The Labute approximate surface area is 216 Å². The van der Waals surface area contributed by atoms with E-state index in [1.807, 2.05) is 0 Å². The number of nitrogens with one attached hydrogen (secondary N) is 2. The topological polar surface area (TPSA) is 137 Å². The van der Waals surface area contributed by atoms with Crippen LogP contribution < -0.4 is 21.1 Å². The molecule has 1 aliphatic rings. The standard InChI is InChI=1S/C26H25F2N7O3/c1-13(25(36)33-18-8-4-7-16(27)20(18)26(37)32-15-5-3-6-15)35-24-21(23(29)30-12-31-24)22(34-35)14-9-10-19(38-2)17(28)11-14/h4,7-13,15H,3,5-6H2,1-2H3,(H,32,37)(H,33,36)(H2,29,30,31). The Morgan fingerprint density at radius 2 is 1.95 bits per heavy atom. The number of nitrogens with two attached hydrogens (primary N) is 1. The van der Waals surface area contributed by atoms with Gasteiger partial charge < -0.3 is 21.1 Å². The van der Waals surface area contributed by atoms with Crippen LogP contribution in [0.1, 0.15) is 42.6 Å². The van der Waals surface area contributed by atoms with Gasteiger partial charge in [0.25, 0.3) is 5.91 Å². The van der Waals surface area contributed by atoms with E-state index in [2.05, 4.69) is 25.7 Å². The second-order valence-electron chi connectivity index (χ2n) is 9.03. The van der Waals surface area contributed by atoms with E-state index in [1.165, 1.54) is 42.4 Å². The molecule has 0 radical (unpaired) electrons. The zero-order valence-electron chi connectivity index (χ0n) is 20.7. The normalized spacial score (nSPS) is 14.1. The molecule has 1 fully saturated rings. The number of methoxy groups -OCH3 is 1. The lowest BCUT2D eigenvalue weighted by molar-refractivity contribution is -0.119. The van der Waals surface area contributed by atoms with E-state index >= 15 is 0 Å². The average molecular weight is 522 g/mol. The quantitative estimate of drug-likeness (QED) is 0.336. The molecule has 1 unspecified atom stereocenters. The molecule has 0 aliphatic heterocycles. The van der Waals surface area contributed by atoms with Crippen LogP contribution in [0.3, 0.4) is 0 Å². The number of halogens is 2. The second kappa shape index (κ2) is 10.0. The van der Waals surface area contributed by atoms with Crippen LogP contribution in [0.15, 0.2) is 42.7 Å². The molecule has 2 amide bonds. The molecule has 4 aromatic rings. The van der Waals surface area contributed by atoms with E-state index < -0.39 is 29.5 Å². The number of anilines is 2. The van der Waals surface area contributed by atoms with E-state index in [0.717, 1.165) is 25.3 Å². The molecular formula is C26H25F2N7O3. The lowest BCUT2D eigenvalue weighted by Gasteiger charge is -2.27. The first-order valence-electron chi connectivity index (χ1n) is 12.0. The maximum atomic E-state index is 14.7. The van der Waals surface area contributed by atoms with Gasteiger partial charge in [-0.2, -0.15) is 5.10 Å². The van der Waals surface area contributed by atoms with E-state index in [1.54, 1.807) is 13.0 Å². The number of amides is 2. The van der Waals surface area contributed by atoms with Crippen LogP contribution >= 0.6 is 0 Å². The van der Waals surface area contributed by atoms with Crippen molar-refractivity contribution in [2.45, 2.75) is 38.3 Å². The fourth-order valence-corrected chi connectivity index (χ4v) is 4.30. The van der Waals surface area contributed by atoms with Gasteiger partial charge >= 0.3 is 0 Å². The van der Waals surface area contributed by atoms with Gasteiger partial charge in [-0.15, -0.1) is 0 Å². The van der Waals surface area contributed by atoms with Crippen molar-refractivity contribution in [3.8, 4) is 17.0 Å². The van der Waals surface area contributed by atoms with Crippen LogP contribution in [0.5, 0.6) is 5.75 Å². The number of fused-ring (bicyclic) bond motifs is 1. The van der Waals surface area contributed by atoms with Crippen molar-refractivity contribution < 1.29 is 23.1 Å². The average Bonchev–Trinajstić information content (AvgIpc) is 3.26. The number of carbonyl (C=O) groups is 2. The molecule has 2 aromatic heterocycles. The Morgan fingerprint density at radius 3 is 2.63 bits per heavy atom. The number of carbonyl (C=O) groups excluding carboxylic acids is 2. The van der Waals surface area contributed by atoms with Gasteiger partial charge in [0.1, 0.15) is 29.7 Å². The third kappa shape index (κ3) is 4.49. The number of nitrogen functional groups attached to an aromatic ring is 1. The predicted octanol–water partition coefficient (Wildman–Crippen LogP) is 3.84. The summed E-state index contributed by atoms with van der Waals surface area (Å²) >= 11 is 0. The van der Waals surface area contributed by atoms with Gasteiger partial charge in [-0.1, -0.05) is 6.07 Å². The summed E-state index contributed by atoms with van der Waals surface area (Å²) in [5, 5.41) is 10.3. The summed E-state index contributed by atoms with van der Waals surface area (Å²) in [6.45, 7) is 1.56. The molecule has 5 rings (SSSR count). The van der Waals surface area contributed by atoms with Gasteiger partial charge in [-0.25, -0.2) is 23.4 Å². The smallest absolute Gasteiger partial charge is 0.256 e. The van der Waals surface area contributed by atoms with Crippen LogP contribution in [-0.4, -0.2) is 44.7 Å². The molecule has 2 aromatic carbocycles. The van der Waals surface area contributed by atoms with Crippen LogP contribution in [0.4, 0.5) is 20.3 Å². The zero-order chi connectivity index (χ0) is 27.0. The van der Waals surface area contributed by atoms with Crippen molar-refractivity contribution in [1.82, 2.24) is 25.1 Å². The van der Waals surface area contributed by atoms with Crippen molar-refractivity contribution in [2.75, 3.05) is 18.2 Å². The first-order valence-corrected chi connectivity index (χ1v) is 12.0. The molecule has 0 spiro atoms. The van der Waals surface area contributed by atoms with E-state index in [-0.39, 0.29) is 40.2 Å². The highest BCUT2D eigenvalue weighted by molar-refractivity contribution is 6.05. The molecule has 12 heteroatoms. The molecule has 2 heterocycles. The summed E-state index contributed by atoms with van der Waals surface area (Å²) in [4.78, 5) is 34.4. The first-order chi connectivity index (χ1) is 18.3. The SMILES string of the molecule is COc1ccc(-c2nn(C(C)C(=O)Nc3cccc(F)c3C(=O)NC3CCC3)c3ncnc(N)c23)cc1F. The van der Waals surface area contributed by atoms with Crippen molar-refractivity contribution in [3.05, 3.63) is 59.9 Å². The Kier molecular flexibility index (Phi) is 6.62. The fraction of sp³-hybridized carbons (Fsp3) is 0.269. The number of hydrogen-bond donors (Lipinski definition) is 3. The fourth-order valence-electron chi connectivity index (χ4n) is 4.30. The monoisotopic (exact) mass is 521 g/mol. The van der Waals surface area contributed by atoms with Crippen molar-refractivity contribution in [2.24, 2.45) is 0 Å². The number of aromatic nitrogens is 4. The highest BCUT2D eigenvalue weighted by Crippen LogP contribution is 2.34. The lowest BCUT2D eigenvalue weighted by Crippen LogP contribution is -2.40. The maximum Gasteiger partial charge on any atom is 0.256 e. The largest absolute Gasteiger partial charge is 0.494 e. The highest BCUT2D eigenvalue weighted by atomic mass is 19.1. The second-order valence-corrected chi connectivity index (χ2v) is 9.03. The highest BCUT2D eigenvalue weighted by Gasteiger charge is 2.28. The molecule has 1 saturated carbocycles. The van der Waals surface area contributed by atoms with Crippen LogP contribution in [0, 0.1) is 11.6 Å². The molecule has 1 atom stereocenters. The minimum atomic E-state index is -0.977. The molecule has 4 N–H and O–H groups in total. The van der Waals surface area contributed by atoms with Gasteiger partial charge in [0, 0.05) is 11.6 Å². The van der Waals surface area contributed by atoms with Gasteiger partial charge in [0.2, 0.25) is 5.91 Å². The first kappa shape index (κ1) is 25.1. The predicted molar refractivity (Wildman–Crippen MR) is 137 cm³/mol. The summed E-state index contributed by atoms with van der Waals surface area (Å²) in [5.41, 5.74) is 6.79. The van der Waals surface area contributed by atoms with Crippen molar-refractivity contribution >= 4 is 34.4 Å². The number of benzene rings is 2. The molecule has 196 valence electrons. The van der Waals surface area contributed by atoms with Crippen molar-refractivity contribution in [3.63, 3.8) is 0 Å².